The second-order valence-corrected chi connectivity index (χ2v) is 10.2. The highest BCUT2D eigenvalue weighted by Crippen LogP contribution is 2.21. The highest BCUT2D eigenvalue weighted by molar-refractivity contribution is 5.87. The smallest absolute Gasteiger partial charge is 0.408 e. The highest BCUT2D eigenvalue weighted by Gasteiger charge is 2.33. The minimum atomic E-state index is -1.01. The van der Waals surface area contributed by atoms with Gasteiger partial charge in [0.2, 0.25) is 5.91 Å². The van der Waals surface area contributed by atoms with Crippen molar-refractivity contribution in [1.82, 2.24) is 10.2 Å². The topological polar surface area (TPSA) is 145 Å². The minimum absolute atomic E-state index is 0.251. The molecular weight excluding hydrogens is 524 g/mol. The van der Waals surface area contributed by atoms with Crippen LogP contribution < -0.4 is 16.2 Å². The number of nitrogens with one attached hydrogen (secondary N) is 3. The quantitative estimate of drug-likeness (QED) is 0.203. The largest absolute Gasteiger partial charge is 0.480 e. The predicted molar refractivity (Wildman–Crippen MR) is 157 cm³/mol. The predicted octanol–water partition coefficient (Wildman–Crippen LogP) is 5.75. The Hall–Kier alpha value is -4.93. The Morgan fingerprint density at radius 2 is 1.39 bits per heavy atom. The van der Waals surface area contributed by atoms with Gasteiger partial charge in [0, 0.05) is 6.54 Å². The van der Waals surface area contributed by atoms with Crippen molar-refractivity contribution >= 4 is 29.3 Å². The van der Waals surface area contributed by atoms with Crippen molar-refractivity contribution in [3.05, 3.63) is 84.9 Å². The van der Waals surface area contributed by atoms with Gasteiger partial charge in [0.1, 0.15) is 18.2 Å². The first-order valence-electron chi connectivity index (χ1n) is 13.2. The van der Waals surface area contributed by atoms with Crippen LogP contribution in [0.2, 0.25) is 0 Å². The Morgan fingerprint density at radius 3 is 1.95 bits per heavy atom. The molecular formula is C30H36N6O5. The molecule has 1 fully saturated rings. The average molecular weight is 561 g/mol. The van der Waals surface area contributed by atoms with Crippen LogP contribution >= 0.6 is 0 Å². The molecule has 0 aromatic heterocycles. The molecule has 0 saturated carbocycles. The summed E-state index contributed by atoms with van der Waals surface area (Å²) in [5.41, 5.74) is 9.25. The molecule has 0 aliphatic carbocycles. The van der Waals surface area contributed by atoms with E-state index in [1.807, 2.05) is 60.7 Å². The zero-order valence-electron chi connectivity index (χ0n) is 23.4. The third-order valence-electron chi connectivity index (χ3n) is 5.82. The maximum Gasteiger partial charge on any atom is 0.408 e. The van der Waals surface area contributed by atoms with E-state index in [0.29, 0.717) is 19.4 Å². The summed E-state index contributed by atoms with van der Waals surface area (Å²) in [6.45, 7) is 5.31. The number of rotatable bonds is 8. The molecule has 216 valence electrons. The van der Waals surface area contributed by atoms with E-state index >= 15 is 0 Å². The van der Waals surface area contributed by atoms with Crippen molar-refractivity contribution in [3.63, 3.8) is 0 Å². The molecule has 41 heavy (non-hydrogen) atoms. The standard InChI is InChI=1S/C18H16N4.C12H20N2O5/c1-3-7-15(8-4-1)16-11-13-18(14-12-16)20-22-21-19-17-9-5-2-6-10-17;1-12(2,3)19-11(18)13-7-9(15)14-6-4-5-8(14)10(16)17/h1-14H,(H,19,22)(H,20,21);8H,4-7H2,1-3H3,(H,13,18)(H,16,17)/t;8-/m.0/s1. The molecule has 4 N–H and O–H groups in total. The molecule has 3 aromatic carbocycles. The molecule has 0 spiro atoms. The number of carbonyl (C=O) groups is 3. The van der Waals surface area contributed by atoms with Gasteiger partial charge in [-0.05, 0) is 69.0 Å². The first-order valence-corrected chi connectivity index (χ1v) is 13.2. The second kappa shape index (κ2) is 15.0. The summed E-state index contributed by atoms with van der Waals surface area (Å²) in [6, 6.07) is 27.2. The molecule has 1 heterocycles. The van der Waals surface area contributed by atoms with E-state index in [0.717, 1.165) is 11.4 Å². The first kappa shape index (κ1) is 30.6. The molecule has 0 bridgehead atoms. The van der Waals surface area contributed by atoms with Crippen LogP contribution in [0.1, 0.15) is 33.6 Å². The van der Waals surface area contributed by atoms with Crippen LogP contribution in [0.5, 0.6) is 0 Å². The van der Waals surface area contributed by atoms with E-state index in [9.17, 15) is 14.4 Å². The maximum absolute atomic E-state index is 11.8. The third-order valence-corrected chi connectivity index (χ3v) is 5.82. The zero-order valence-corrected chi connectivity index (χ0v) is 23.4. The Kier molecular flexibility index (Phi) is 11.2. The molecule has 0 unspecified atom stereocenters. The van der Waals surface area contributed by atoms with Crippen LogP contribution in [-0.4, -0.2) is 52.7 Å². The maximum atomic E-state index is 11.8. The van der Waals surface area contributed by atoms with Gasteiger partial charge in [-0.3, -0.25) is 15.6 Å². The monoisotopic (exact) mass is 560 g/mol. The number of benzene rings is 3. The van der Waals surface area contributed by atoms with Crippen molar-refractivity contribution in [2.75, 3.05) is 23.9 Å². The van der Waals surface area contributed by atoms with Crippen molar-refractivity contribution < 1.29 is 24.2 Å². The van der Waals surface area contributed by atoms with E-state index in [4.69, 9.17) is 9.84 Å². The van der Waals surface area contributed by atoms with Gasteiger partial charge in [0.05, 0.1) is 11.4 Å². The zero-order chi connectivity index (χ0) is 29.7. The second-order valence-electron chi connectivity index (χ2n) is 10.2. The van der Waals surface area contributed by atoms with Gasteiger partial charge < -0.3 is 20.1 Å². The molecule has 1 aliphatic rings. The average Bonchev–Trinajstić information content (AvgIpc) is 3.46. The normalized spacial score (nSPS) is 14.5. The van der Waals surface area contributed by atoms with Gasteiger partial charge >= 0.3 is 12.1 Å². The first-order chi connectivity index (χ1) is 19.6. The molecule has 11 heteroatoms. The minimum Gasteiger partial charge on any atom is -0.480 e. The molecule has 4 rings (SSSR count). The van der Waals surface area contributed by atoms with Crippen molar-refractivity contribution in [1.29, 1.82) is 0 Å². The Labute approximate surface area is 239 Å². The van der Waals surface area contributed by atoms with Crippen molar-refractivity contribution in [3.8, 4) is 11.1 Å². The molecule has 2 amide bonds. The summed E-state index contributed by atoms with van der Waals surface area (Å²) in [5, 5.41) is 19.1. The number of alkyl carbamates (subject to hydrolysis) is 1. The van der Waals surface area contributed by atoms with E-state index in [2.05, 4.69) is 50.9 Å². The lowest BCUT2D eigenvalue weighted by Gasteiger charge is -2.23. The van der Waals surface area contributed by atoms with Gasteiger partial charge in [-0.15, -0.1) is 0 Å². The van der Waals surface area contributed by atoms with E-state index in [-0.39, 0.29) is 6.54 Å². The van der Waals surface area contributed by atoms with Gasteiger partial charge in [0.25, 0.3) is 0 Å². The summed E-state index contributed by atoms with van der Waals surface area (Å²) in [4.78, 5) is 35.4. The third kappa shape index (κ3) is 10.6. The summed E-state index contributed by atoms with van der Waals surface area (Å²) in [6.07, 6.45) is 0.426. The van der Waals surface area contributed by atoms with Crippen molar-refractivity contribution in [2.45, 2.75) is 45.3 Å². The van der Waals surface area contributed by atoms with Gasteiger partial charge in [0.15, 0.2) is 0 Å². The fourth-order valence-electron chi connectivity index (χ4n) is 3.93. The number of amides is 2. The fraction of sp³-hybridized carbons (Fsp3) is 0.300. The van der Waals surface area contributed by atoms with E-state index in [1.165, 1.54) is 16.0 Å². The van der Waals surface area contributed by atoms with Crippen molar-refractivity contribution in [2.24, 2.45) is 10.4 Å². The number of anilines is 2. The SMILES string of the molecule is CC(C)(C)OC(=O)NCC(=O)N1CCC[C@H]1C(=O)O.c1ccc(NN=NNc2ccc(-c3ccccc3)cc2)cc1. The number of hydrogen-bond donors (Lipinski definition) is 4. The number of hydrogen-bond acceptors (Lipinski definition) is 6. The Morgan fingerprint density at radius 1 is 0.854 bits per heavy atom. The number of aliphatic carboxylic acids is 1. The van der Waals surface area contributed by atoms with Gasteiger partial charge in [-0.25, -0.2) is 9.59 Å². The van der Waals surface area contributed by atoms with Crippen LogP contribution in [0.15, 0.2) is 95.4 Å². The molecule has 11 nitrogen and oxygen atoms in total. The number of para-hydroxylation sites is 1. The highest BCUT2D eigenvalue weighted by atomic mass is 16.6. The molecule has 1 aliphatic heterocycles. The van der Waals surface area contributed by atoms with Crippen LogP contribution in [0.4, 0.5) is 16.2 Å². The number of carboxylic acids is 1. The summed E-state index contributed by atoms with van der Waals surface area (Å²) < 4.78 is 4.99. The number of nitrogens with zero attached hydrogens (tertiary/aromatic N) is 3. The molecule has 1 atom stereocenters. The van der Waals surface area contributed by atoms with Crippen LogP contribution in [0, 0.1) is 0 Å². The molecule has 0 radical (unpaired) electrons. The number of likely N-dealkylation sites (tertiary alicyclic amines) is 1. The van der Waals surface area contributed by atoms with Crippen LogP contribution in [-0.2, 0) is 14.3 Å². The number of carbonyl (C=O) groups excluding carboxylic acids is 2. The Balaban J connectivity index is 0.000000229. The lowest BCUT2D eigenvalue weighted by Crippen LogP contribution is -2.46. The van der Waals surface area contributed by atoms with Gasteiger partial charge in [-0.2, -0.15) is 0 Å². The lowest BCUT2D eigenvalue weighted by atomic mass is 10.1. The summed E-state index contributed by atoms with van der Waals surface area (Å²) >= 11 is 0. The molecule has 1 saturated heterocycles. The van der Waals surface area contributed by atoms with E-state index in [1.54, 1.807) is 20.8 Å². The molecule has 3 aromatic rings. The summed E-state index contributed by atoms with van der Waals surface area (Å²) in [5.74, 6) is -1.42. The summed E-state index contributed by atoms with van der Waals surface area (Å²) in [7, 11) is 0. The fourth-order valence-corrected chi connectivity index (χ4v) is 3.93. The number of ether oxygens (including phenoxy) is 1. The van der Waals surface area contributed by atoms with Crippen LogP contribution in [0.3, 0.4) is 0 Å². The van der Waals surface area contributed by atoms with Gasteiger partial charge in [-0.1, -0.05) is 71.1 Å². The lowest BCUT2D eigenvalue weighted by molar-refractivity contribution is -0.147. The van der Waals surface area contributed by atoms with E-state index < -0.39 is 29.6 Å². The van der Waals surface area contributed by atoms with Crippen LogP contribution in [0.25, 0.3) is 11.1 Å². The number of carboxylic acid groups (broad SMARTS) is 1. The Bertz CT molecular complexity index is 1290.